The quantitative estimate of drug-likeness (QED) is 0.463. The molecule has 0 heterocycles. The summed E-state index contributed by atoms with van der Waals surface area (Å²) in [4.78, 5) is 0. The van der Waals surface area contributed by atoms with Gasteiger partial charge in [0.15, 0.2) is 23.0 Å². The smallest absolute Gasteiger partial charge is 0.165 e. The average molecular weight is 441 g/mol. The van der Waals surface area contributed by atoms with Crippen LogP contribution in [0.2, 0.25) is 0 Å². The Morgan fingerprint density at radius 3 is 2.32 bits per heavy atom. The number of rotatable bonds is 7. The molecule has 28 heavy (non-hydrogen) atoms. The second-order valence-electron chi connectivity index (χ2n) is 6.06. The van der Waals surface area contributed by atoms with Crippen LogP contribution in [-0.2, 0) is 6.61 Å². The molecular weight excluding hydrogens is 420 g/mol. The Balaban J connectivity index is 1.78. The predicted molar refractivity (Wildman–Crippen MR) is 115 cm³/mol. The van der Waals surface area contributed by atoms with Crippen LogP contribution in [0.25, 0.3) is 12.2 Å². The minimum Gasteiger partial charge on any atom is -0.504 e. The monoisotopic (exact) mass is 440 g/mol. The molecule has 0 spiro atoms. The number of methoxy groups -OCH3 is 2. The molecule has 0 saturated carbocycles. The molecular formula is C23H21BrO4. The van der Waals surface area contributed by atoms with E-state index < -0.39 is 0 Å². The molecule has 4 nitrogen and oxygen atoms in total. The highest BCUT2D eigenvalue weighted by Gasteiger charge is 2.08. The molecule has 0 bridgehead atoms. The van der Waals surface area contributed by atoms with E-state index in [0.717, 1.165) is 15.6 Å². The number of phenols is 1. The van der Waals surface area contributed by atoms with Crippen LogP contribution in [-0.4, -0.2) is 19.3 Å². The Hall–Kier alpha value is -2.92. The van der Waals surface area contributed by atoms with Gasteiger partial charge in [-0.2, -0.15) is 0 Å². The Kier molecular flexibility index (Phi) is 6.61. The summed E-state index contributed by atoms with van der Waals surface area (Å²) in [5.41, 5.74) is 2.66. The maximum Gasteiger partial charge on any atom is 0.165 e. The van der Waals surface area contributed by atoms with Gasteiger partial charge in [-0.1, -0.05) is 64.5 Å². The van der Waals surface area contributed by atoms with Crippen LogP contribution in [0.3, 0.4) is 0 Å². The van der Waals surface area contributed by atoms with Crippen LogP contribution in [0, 0.1) is 0 Å². The van der Waals surface area contributed by atoms with Gasteiger partial charge in [0, 0.05) is 10.0 Å². The van der Waals surface area contributed by atoms with Gasteiger partial charge in [0.2, 0.25) is 0 Å². The van der Waals surface area contributed by atoms with Crippen LogP contribution in [0.5, 0.6) is 23.0 Å². The van der Waals surface area contributed by atoms with E-state index in [1.807, 2.05) is 66.7 Å². The van der Waals surface area contributed by atoms with E-state index in [9.17, 15) is 5.11 Å². The summed E-state index contributed by atoms with van der Waals surface area (Å²) in [6.07, 6.45) is 3.71. The lowest BCUT2D eigenvalue weighted by Gasteiger charge is -2.11. The number of halogens is 1. The van der Waals surface area contributed by atoms with E-state index in [1.54, 1.807) is 13.2 Å². The first-order valence-corrected chi connectivity index (χ1v) is 9.49. The SMILES string of the molecule is COc1cc(C=Cc2cc(Br)cc(OC)c2O)ccc1OCc1ccccc1. The highest BCUT2D eigenvalue weighted by Crippen LogP contribution is 2.35. The molecule has 0 fully saturated rings. The number of hydrogen-bond donors (Lipinski definition) is 1. The third kappa shape index (κ3) is 4.87. The summed E-state index contributed by atoms with van der Waals surface area (Å²) in [5.74, 6) is 1.83. The van der Waals surface area contributed by atoms with Gasteiger partial charge in [0.1, 0.15) is 6.61 Å². The van der Waals surface area contributed by atoms with E-state index in [0.29, 0.717) is 29.4 Å². The van der Waals surface area contributed by atoms with Gasteiger partial charge >= 0.3 is 0 Å². The third-order valence-corrected chi connectivity index (χ3v) is 4.63. The van der Waals surface area contributed by atoms with Crippen molar-refractivity contribution in [3.63, 3.8) is 0 Å². The minimum absolute atomic E-state index is 0.0942. The molecule has 0 aliphatic carbocycles. The molecule has 144 valence electrons. The first-order chi connectivity index (χ1) is 13.6. The lowest BCUT2D eigenvalue weighted by molar-refractivity contribution is 0.284. The summed E-state index contributed by atoms with van der Waals surface area (Å²) in [6.45, 7) is 0.470. The molecule has 3 aromatic rings. The third-order valence-electron chi connectivity index (χ3n) is 4.17. The number of benzene rings is 3. The Labute approximate surface area is 173 Å². The average Bonchev–Trinajstić information content (AvgIpc) is 2.73. The van der Waals surface area contributed by atoms with Gasteiger partial charge in [-0.25, -0.2) is 0 Å². The zero-order valence-corrected chi connectivity index (χ0v) is 17.3. The number of aromatic hydroxyl groups is 1. The fourth-order valence-electron chi connectivity index (χ4n) is 2.71. The number of hydrogen-bond acceptors (Lipinski definition) is 4. The molecule has 0 aliphatic heterocycles. The molecule has 3 aromatic carbocycles. The van der Waals surface area contributed by atoms with Crippen molar-refractivity contribution in [3.8, 4) is 23.0 Å². The first kappa shape index (κ1) is 19.8. The maximum atomic E-state index is 10.3. The van der Waals surface area contributed by atoms with E-state index in [4.69, 9.17) is 14.2 Å². The lowest BCUT2D eigenvalue weighted by atomic mass is 10.1. The highest BCUT2D eigenvalue weighted by atomic mass is 79.9. The van der Waals surface area contributed by atoms with Crippen LogP contribution >= 0.6 is 15.9 Å². The second-order valence-corrected chi connectivity index (χ2v) is 6.98. The Morgan fingerprint density at radius 1 is 0.857 bits per heavy atom. The van der Waals surface area contributed by atoms with Crippen LogP contribution in [0.4, 0.5) is 0 Å². The van der Waals surface area contributed by atoms with Gasteiger partial charge in [0.05, 0.1) is 14.2 Å². The molecule has 3 rings (SSSR count). The molecule has 0 aromatic heterocycles. The van der Waals surface area contributed by atoms with Crippen LogP contribution < -0.4 is 14.2 Å². The van der Waals surface area contributed by atoms with Crippen molar-refractivity contribution in [2.24, 2.45) is 0 Å². The summed E-state index contributed by atoms with van der Waals surface area (Å²) in [5, 5.41) is 10.3. The minimum atomic E-state index is 0.0942. The van der Waals surface area contributed by atoms with Gasteiger partial charge in [-0.15, -0.1) is 0 Å². The van der Waals surface area contributed by atoms with E-state index in [2.05, 4.69) is 15.9 Å². The molecule has 0 amide bonds. The van der Waals surface area contributed by atoms with Crippen molar-refractivity contribution < 1.29 is 19.3 Å². The van der Waals surface area contributed by atoms with Crippen molar-refractivity contribution in [3.05, 3.63) is 81.8 Å². The van der Waals surface area contributed by atoms with Crippen LogP contribution in [0.1, 0.15) is 16.7 Å². The molecule has 0 atom stereocenters. The fourth-order valence-corrected chi connectivity index (χ4v) is 3.16. The molecule has 0 unspecified atom stereocenters. The molecule has 0 aliphatic rings. The van der Waals surface area contributed by atoms with Gasteiger partial charge in [-0.05, 0) is 35.4 Å². The Morgan fingerprint density at radius 2 is 1.61 bits per heavy atom. The van der Waals surface area contributed by atoms with E-state index in [-0.39, 0.29) is 5.75 Å². The molecule has 5 heteroatoms. The predicted octanol–water partition coefficient (Wildman–Crippen LogP) is 5.92. The number of phenolic OH excluding ortho intramolecular Hbond substituents is 1. The summed E-state index contributed by atoms with van der Waals surface area (Å²) >= 11 is 3.42. The molecule has 0 radical (unpaired) electrons. The van der Waals surface area contributed by atoms with Crippen molar-refractivity contribution in [2.45, 2.75) is 6.61 Å². The van der Waals surface area contributed by atoms with Crippen molar-refractivity contribution >= 4 is 28.1 Å². The zero-order chi connectivity index (χ0) is 19.9. The topological polar surface area (TPSA) is 47.9 Å². The summed E-state index contributed by atoms with van der Waals surface area (Å²) in [7, 11) is 3.14. The van der Waals surface area contributed by atoms with Gasteiger partial charge in [-0.3, -0.25) is 0 Å². The van der Waals surface area contributed by atoms with Crippen molar-refractivity contribution in [2.75, 3.05) is 14.2 Å². The van der Waals surface area contributed by atoms with Crippen molar-refractivity contribution in [1.82, 2.24) is 0 Å². The van der Waals surface area contributed by atoms with E-state index >= 15 is 0 Å². The second kappa shape index (κ2) is 9.33. The fraction of sp³-hybridized carbons (Fsp3) is 0.130. The molecule has 0 saturated heterocycles. The van der Waals surface area contributed by atoms with Gasteiger partial charge in [0.25, 0.3) is 0 Å². The molecule has 1 N–H and O–H groups in total. The van der Waals surface area contributed by atoms with Gasteiger partial charge < -0.3 is 19.3 Å². The largest absolute Gasteiger partial charge is 0.504 e. The lowest BCUT2D eigenvalue weighted by Crippen LogP contribution is -1.97. The van der Waals surface area contributed by atoms with E-state index in [1.165, 1.54) is 7.11 Å². The van der Waals surface area contributed by atoms with Crippen LogP contribution in [0.15, 0.2) is 65.1 Å². The first-order valence-electron chi connectivity index (χ1n) is 8.70. The standard InChI is InChI=1S/C23H21BrO4/c1-26-21-12-16(8-10-18-13-19(24)14-22(27-2)23(18)25)9-11-20(21)28-15-17-6-4-3-5-7-17/h3-14,25H,15H2,1-2H3. The summed E-state index contributed by atoms with van der Waals surface area (Å²) in [6, 6.07) is 19.2. The normalized spacial score (nSPS) is 10.8. The maximum absolute atomic E-state index is 10.3. The summed E-state index contributed by atoms with van der Waals surface area (Å²) < 4.78 is 17.4. The Bertz CT molecular complexity index is 968. The van der Waals surface area contributed by atoms with Crippen molar-refractivity contribution in [1.29, 1.82) is 0 Å². The highest BCUT2D eigenvalue weighted by molar-refractivity contribution is 9.10. The zero-order valence-electron chi connectivity index (χ0n) is 15.7. The number of ether oxygens (including phenoxy) is 3.